The van der Waals surface area contributed by atoms with Crippen LogP contribution in [0.25, 0.3) is 0 Å². The second-order valence-electron chi connectivity index (χ2n) is 23.4. The maximum absolute atomic E-state index is 13.0. The highest BCUT2D eigenvalue weighted by molar-refractivity contribution is 7.45. The van der Waals surface area contributed by atoms with Crippen molar-refractivity contribution >= 4 is 13.7 Å². The van der Waals surface area contributed by atoms with Crippen molar-refractivity contribution in [2.75, 3.05) is 40.9 Å². The van der Waals surface area contributed by atoms with E-state index < -0.39 is 26.6 Å². The van der Waals surface area contributed by atoms with Crippen LogP contribution in [-0.2, 0) is 18.4 Å². The monoisotopic (exact) mass is 1110 g/mol. The lowest BCUT2D eigenvalue weighted by molar-refractivity contribution is -0.870. The summed E-state index contributed by atoms with van der Waals surface area (Å²) < 4.78 is 23.4. The van der Waals surface area contributed by atoms with Gasteiger partial charge < -0.3 is 28.8 Å². The molecule has 0 aliphatic rings. The topological polar surface area (TPSA) is 108 Å². The fourth-order valence-corrected chi connectivity index (χ4v) is 10.2. The molecule has 9 heteroatoms. The first-order valence-corrected chi connectivity index (χ1v) is 34.4. The lowest BCUT2D eigenvalue weighted by Crippen LogP contribution is -2.45. The highest BCUT2D eigenvalue weighted by atomic mass is 31.2. The van der Waals surface area contributed by atoms with Crippen molar-refractivity contribution in [2.45, 2.75) is 309 Å². The molecule has 0 bridgehead atoms. The fraction of sp³-hybridized carbons (Fsp3) is 0.783. The van der Waals surface area contributed by atoms with E-state index >= 15 is 0 Å². The van der Waals surface area contributed by atoms with E-state index in [2.05, 4.69) is 92.1 Å². The van der Waals surface area contributed by atoms with E-state index in [0.717, 1.165) is 70.6 Å². The van der Waals surface area contributed by atoms with Crippen LogP contribution in [0, 0.1) is 0 Å². The molecule has 3 unspecified atom stereocenters. The highest BCUT2D eigenvalue weighted by Gasteiger charge is 2.23. The van der Waals surface area contributed by atoms with E-state index in [9.17, 15) is 19.4 Å². The van der Waals surface area contributed by atoms with E-state index in [1.54, 1.807) is 6.08 Å². The number of unbranched alkanes of at least 4 members (excludes halogenated alkanes) is 35. The Bertz CT molecular complexity index is 1550. The summed E-state index contributed by atoms with van der Waals surface area (Å²) in [5.41, 5.74) is 0. The van der Waals surface area contributed by atoms with Crippen LogP contribution < -0.4 is 10.2 Å². The Kier molecular flexibility index (Phi) is 57.5. The molecule has 0 aromatic carbocycles. The summed E-state index contributed by atoms with van der Waals surface area (Å²) in [7, 11) is 1.24. The molecule has 0 aliphatic heterocycles. The molecule has 0 aromatic heterocycles. The zero-order chi connectivity index (χ0) is 57.0. The van der Waals surface area contributed by atoms with E-state index in [-0.39, 0.29) is 12.5 Å². The Labute approximate surface area is 484 Å². The van der Waals surface area contributed by atoms with E-state index in [4.69, 9.17) is 9.05 Å². The van der Waals surface area contributed by atoms with Crippen molar-refractivity contribution in [3.8, 4) is 0 Å². The van der Waals surface area contributed by atoms with Crippen LogP contribution in [0.5, 0.6) is 0 Å². The average Bonchev–Trinajstić information content (AvgIpc) is 3.41. The minimum absolute atomic E-state index is 0.0103. The number of phosphoric acid groups is 1. The number of nitrogens with one attached hydrogen (secondary N) is 1. The third kappa shape index (κ3) is 61.3. The Balaban J connectivity index is 4.12. The van der Waals surface area contributed by atoms with Gasteiger partial charge in [0.25, 0.3) is 7.82 Å². The number of allylic oxidation sites excluding steroid dienone is 13. The number of phosphoric ester groups is 1. The number of carbonyl (C=O) groups is 1. The van der Waals surface area contributed by atoms with Crippen LogP contribution in [-0.4, -0.2) is 68.5 Å². The van der Waals surface area contributed by atoms with Crippen molar-refractivity contribution in [2.24, 2.45) is 0 Å². The Hall–Kier alpha value is -2.32. The predicted molar refractivity (Wildman–Crippen MR) is 339 cm³/mol. The Morgan fingerprint density at radius 3 is 1.19 bits per heavy atom. The van der Waals surface area contributed by atoms with Crippen LogP contribution in [0.4, 0.5) is 0 Å². The minimum atomic E-state index is -4.62. The van der Waals surface area contributed by atoms with Gasteiger partial charge >= 0.3 is 0 Å². The number of quaternary nitrogens is 1. The molecule has 454 valence electrons. The quantitative estimate of drug-likeness (QED) is 0.0272. The van der Waals surface area contributed by atoms with Gasteiger partial charge in [-0.05, 0) is 83.5 Å². The van der Waals surface area contributed by atoms with Gasteiger partial charge in [0.1, 0.15) is 13.2 Å². The maximum atomic E-state index is 13.0. The van der Waals surface area contributed by atoms with Gasteiger partial charge in [0.2, 0.25) is 5.91 Å². The summed E-state index contributed by atoms with van der Waals surface area (Å²) in [5.74, 6) is -0.209. The number of hydrogen-bond acceptors (Lipinski definition) is 6. The van der Waals surface area contributed by atoms with Gasteiger partial charge in [-0.25, -0.2) is 0 Å². The minimum Gasteiger partial charge on any atom is -0.756 e. The number of aliphatic hydroxyl groups excluding tert-OH is 1. The van der Waals surface area contributed by atoms with E-state index in [0.29, 0.717) is 17.4 Å². The normalized spacial score (nSPS) is 14.3. The molecule has 0 spiro atoms. The number of nitrogens with zero attached hydrogens (tertiary/aromatic N) is 1. The predicted octanol–water partition coefficient (Wildman–Crippen LogP) is 20.1. The molecule has 0 fully saturated rings. The number of amides is 1. The number of hydrogen-bond donors (Lipinski definition) is 2. The summed E-state index contributed by atoms with van der Waals surface area (Å²) in [6, 6.07) is -0.913. The molecule has 0 saturated carbocycles. The molecule has 0 heterocycles. The second-order valence-corrected chi connectivity index (χ2v) is 24.8. The number of carbonyl (C=O) groups excluding carboxylic acids is 1. The lowest BCUT2D eigenvalue weighted by Gasteiger charge is -2.29. The van der Waals surface area contributed by atoms with Gasteiger partial charge in [-0.15, -0.1) is 0 Å². The fourth-order valence-electron chi connectivity index (χ4n) is 9.47. The molecule has 0 rings (SSSR count). The molecule has 0 saturated heterocycles. The molecule has 0 aliphatic carbocycles. The first-order chi connectivity index (χ1) is 38.0. The van der Waals surface area contributed by atoms with Gasteiger partial charge in [0.15, 0.2) is 0 Å². The first-order valence-electron chi connectivity index (χ1n) is 32.9. The maximum Gasteiger partial charge on any atom is 0.268 e. The second kappa shape index (κ2) is 59.3. The summed E-state index contributed by atoms with van der Waals surface area (Å²) in [4.78, 5) is 25.6. The first kappa shape index (κ1) is 75.7. The number of likely N-dealkylation sites (N-methyl/N-ethyl adjacent to an activating group) is 1. The third-order valence-corrected chi connectivity index (χ3v) is 15.5. The molecule has 1 amide bonds. The van der Waals surface area contributed by atoms with Gasteiger partial charge in [0, 0.05) is 6.42 Å². The van der Waals surface area contributed by atoms with Gasteiger partial charge in [-0.3, -0.25) is 9.36 Å². The molecule has 3 atom stereocenters. The Morgan fingerprint density at radius 2 is 0.795 bits per heavy atom. The molecular weight excluding hydrogens is 984 g/mol. The van der Waals surface area contributed by atoms with Crippen molar-refractivity contribution in [1.29, 1.82) is 0 Å². The molecule has 0 radical (unpaired) electrons. The van der Waals surface area contributed by atoms with Crippen LogP contribution >= 0.6 is 7.82 Å². The van der Waals surface area contributed by atoms with Gasteiger partial charge in [0.05, 0.1) is 39.9 Å². The molecule has 78 heavy (non-hydrogen) atoms. The largest absolute Gasteiger partial charge is 0.756 e. The van der Waals surface area contributed by atoms with Crippen LogP contribution in [0.2, 0.25) is 0 Å². The Morgan fingerprint density at radius 1 is 0.462 bits per heavy atom. The number of rotatable bonds is 60. The summed E-state index contributed by atoms with van der Waals surface area (Å²) in [5, 5.41) is 13.9. The summed E-state index contributed by atoms with van der Waals surface area (Å²) in [6.45, 7) is 4.54. The zero-order valence-electron chi connectivity index (χ0n) is 51.9. The van der Waals surface area contributed by atoms with Crippen molar-refractivity contribution in [3.63, 3.8) is 0 Å². The highest BCUT2D eigenvalue weighted by Crippen LogP contribution is 2.38. The smallest absolute Gasteiger partial charge is 0.268 e. The van der Waals surface area contributed by atoms with Gasteiger partial charge in [-0.2, -0.15) is 0 Å². The molecular formula is C69H127N2O6P. The molecule has 0 aromatic rings. The SMILES string of the molecule is CC/C=C\C/C=C\C/C=C\C/C=C\CCCCCCCCCCCCCCCCCCCCCCC(=O)NC(COP(=O)([O-])OCC[N+](C)(C)C)C(O)/C=C/CC/C=C/CC/C=C/CCCCCCCCCCCCCCC. The van der Waals surface area contributed by atoms with Crippen molar-refractivity contribution in [1.82, 2.24) is 5.32 Å². The van der Waals surface area contributed by atoms with E-state index in [1.807, 2.05) is 27.2 Å². The van der Waals surface area contributed by atoms with Crippen molar-refractivity contribution < 1.29 is 32.9 Å². The van der Waals surface area contributed by atoms with Crippen molar-refractivity contribution in [3.05, 3.63) is 85.1 Å². The lowest BCUT2D eigenvalue weighted by atomic mass is 10.0. The molecule has 2 N–H and O–H groups in total. The van der Waals surface area contributed by atoms with Crippen LogP contribution in [0.1, 0.15) is 296 Å². The third-order valence-electron chi connectivity index (χ3n) is 14.6. The molecule has 8 nitrogen and oxygen atoms in total. The van der Waals surface area contributed by atoms with Crippen LogP contribution in [0.15, 0.2) is 85.1 Å². The summed E-state index contributed by atoms with van der Waals surface area (Å²) in [6.07, 6.45) is 84.1. The van der Waals surface area contributed by atoms with Crippen LogP contribution in [0.3, 0.4) is 0 Å². The number of aliphatic hydroxyl groups is 1. The zero-order valence-corrected chi connectivity index (χ0v) is 52.7. The summed E-state index contributed by atoms with van der Waals surface area (Å²) >= 11 is 0. The van der Waals surface area contributed by atoms with Gasteiger partial charge in [-0.1, -0.05) is 292 Å². The standard InChI is InChI=1S/C69H127N2O6P/c1-6-8-10-12-14-16-18-20-22-24-26-28-30-31-32-33-34-35-36-37-38-39-41-43-45-47-49-51-53-55-57-59-61-63-69(73)70-67(66-77-78(74,75)76-65-64-71(3,4)5)68(72)62-60-58-56-54-52-50-48-46-44-42-40-29-27-25-23-21-19-17-15-13-11-9-7-2/h8,10,14,16,20,22,26,28,44,46,52,54,60,62,67-68,72H,6-7,9,11-13,15,17-19,21,23-25,27,29-43,45,47-51,53,55-59,61,63-66H2,1-5H3,(H-,70,73,74,75)/b10-8-,16-14-,22-20-,28-26-,46-44+,54-52+,62-60+. The van der Waals surface area contributed by atoms with E-state index in [1.165, 1.54) is 205 Å². The average molecular weight is 1110 g/mol.